The molecule has 0 rings (SSSR count). The molecular formula is C9H17NO5. The van der Waals surface area contributed by atoms with Gasteiger partial charge in [-0.15, -0.1) is 0 Å². The van der Waals surface area contributed by atoms with Crippen LogP contribution in [0.15, 0.2) is 0 Å². The van der Waals surface area contributed by atoms with E-state index < -0.39 is 35.9 Å². The number of nitrogens with two attached hydrogens (primary N) is 1. The van der Waals surface area contributed by atoms with Gasteiger partial charge in [0.15, 0.2) is 0 Å². The van der Waals surface area contributed by atoms with E-state index in [0.29, 0.717) is 0 Å². The number of aliphatic carboxylic acids is 1. The molecule has 4 atom stereocenters. The number of aliphatic hydroxyl groups excluding tert-OH is 1. The Labute approximate surface area is 88.0 Å². The van der Waals surface area contributed by atoms with Gasteiger partial charge in [-0.2, -0.15) is 0 Å². The standard InChI is InChI=1S/C9H17NO5/c1-4(9(14)15-3)7(10)6(5(2)11)8(12)13/h4-7,11H,10H2,1-3H3,(H,12,13)/t4-,5+,6-,7+/m1/s1. The average Bonchev–Trinajstić information content (AvgIpc) is 2.14. The van der Waals surface area contributed by atoms with Crippen LogP contribution in [-0.4, -0.2) is 41.4 Å². The third-order valence-electron chi connectivity index (χ3n) is 2.37. The Morgan fingerprint density at radius 2 is 1.80 bits per heavy atom. The maximum Gasteiger partial charge on any atom is 0.310 e. The van der Waals surface area contributed by atoms with Crippen molar-refractivity contribution in [3.63, 3.8) is 0 Å². The smallest absolute Gasteiger partial charge is 0.310 e. The van der Waals surface area contributed by atoms with Gasteiger partial charge in [0, 0.05) is 6.04 Å². The summed E-state index contributed by atoms with van der Waals surface area (Å²) < 4.78 is 4.45. The molecule has 0 unspecified atom stereocenters. The van der Waals surface area contributed by atoms with Crippen LogP contribution in [0.4, 0.5) is 0 Å². The number of esters is 1. The summed E-state index contributed by atoms with van der Waals surface area (Å²) in [5.41, 5.74) is 5.60. The zero-order valence-corrected chi connectivity index (χ0v) is 9.01. The van der Waals surface area contributed by atoms with Crippen molar-refractivity contribution in [2.75, 3.05) is 7.11 Å². The number of hydrogen-bond acceptors (Lipinski definition) is 5. The maximum atomic E-state index is 11.1. The quantitative estimate of drug-likeness (QED) is 0.522. The van der Waals surface area contributed by atoms with Gasteiger partial charge in [0.2, 0.25) is 0 Å². The first-order valence-electron chi connectivity index (χ1n) is 4.57. The lowest BCUT2D eigenvalue weighted by molar-refractivity contribution is -0.151. The van der Waals surface area contributed by atoms with Crippen LogP contribution in [0.25, 0.3) is 0 Å². The Balaban J connectivity index is 4.70. The van der Waals surface area contributed by atoms with Crippen molar-refractivity contribution >= 4 is 11.9 Å². The van der Waals surface area contributed by atoms with E-state index in [1.807, 2.05) is 0 Å². The van der Waals surface area contributed by atoms with E-state index in [2.05, 4.69) is 4.74 Å². The number of carbonyl (C=O) groups excluding carboxylic acids is 1. The van der Waals surface area contributed by atoms with Crippen molar-refractivity contribution in [2.45, 2.75) is 26.0 Å². The number of aliphatic hydroxyl groups is 1. The number of carboxylic acid groups (broad SMARTS) is 1. The zero-order valence-electron chi connectivity index (χ0n) is 9.01. The van der Waals surface area contributed by atoms with Crippen molar-refractivity contribution in [1.29, 1.82) is 0 Å². The van der Waals surface area contributed by atoms with Crippen molar-refractivity contribution in [3.05, 3.63) is 0 Å². The van der Waals surface area contributed by atoms with Gasteiger partial charge in [0.25, 0.3) is 0 Å². The second-order valence-corrected chi connectivity index (χ2v) is 3.49. The van der Waals surface area contributed by atoms with Crippen molar-refractivity contribution < 1.29 is 24.5 Å². The van der Waals surface area contributed by atoms with E-state index in [0.717, 1.165) is 0 Å². The largest absolute Gasteiger partial charge is 0.481 e. The number of rotatable bonds is 5. The Morgan fingerprint density at radius 1 is 1.33 bits per heavy atom. The van der Waals surface area contributed by atoms with Gasteiger partial charge in [-0.3, -0.25) is 9.59 Å². The number of hydrogen-bond donors (Lipinski definition) is 3. The Bertz CT molecular complexity index is 241. The molecule has 0 aliphatic carbocycles. The first kappa shape index (κ1) is 13.9. The molecule has 0 aromatic rings. The van der Waals surface area contributed by atoms with E-state index in [1.54, 1.807) is 0 Å². The highest BCUT2D eigenvalue weighted by Gasteiger charge is 2.36. The highest BCUT2D eigenvalue weighted by Crippen LogP contribution is 2.16. The summed E-state index contributed by atoms with van der Waals surface area (Å²) in [5.74, 6) is -3.77. The molecule has 0 aliphatic rings. The van der Waals surface area contributed by atoms with E-state index in [9.17, 15) is 14.7 Å². The summed E-state index contributed by atoms with van der Waals surface area (Å²) in [7, 11) is 1.20. The fourth-order valence-corrected chi connectivity index (χ4v) is 1.35. The molecule has 0 spiro atoms. The summed E-state index contributed by atoms with van der Waals surface area (Å²) in [6.07, 6.45) is -1.12. The highest BCUT2D eigenvalue weighted by molar-refractivity contribution is 5.76. The lowest BCUT2D eigenvalue weighted by atomic mass is 9.86. The fourth-order valence-electron chi connectivity index (χ4n) is 1.35. The van der Waals surface area contributed by atoms with Gasteiger partial charge in [-0.05, 0) is 6.92 Å². The van der Waals surface area contributed by atoms with Crippen molar-refractivity contribution in [1.82, 2.24) is 0 Å². The maximum absolute atomic E-state index is 11.1. The van der Waals surface area contributed by atoms with Crippen molar-refractivity contribution in [3.8, 4) is 0 Å². The number of methoxy groups -OCH3 is 1. The van der Waals surface area contributed by atoms with Crippen LogP contribution in [0.2, 0.25) is 0 Å². The predicted molar refractivity (Wildman–Crippen MR) is 52.0 cm³/mol. The van der Waals surface area contributed by atoms with Gasteiger partial charge in [-0.25, -0.2) is 0 Å². The molecule has 4 N–H and O–H groups in total. The van der Waals surface area contributed by atoms with Crippen LogP contribution in [-0.2, 0) is 14.3 Å². The van der Waals surface area contributed by atoms with Crippen LogP contribution < -0.4 is 5.73 Å². The van der Waals surface area contributed by atoms with Crippen LogP contribution in [0.5, 0.6) is 0 Å². The topological polar surface area (TPSA) is 110 Å². The summed E-state index contributed by atoms with van der Waals surface area (Å²) in [4.78, 5) is 21.9. The molecule has 15 heavy (non-hydrogen) atoms. The molecule has 0 fully saturated rings. The number of carbonyl (C=O) groups is 2. The second-order valence-electron chi connectivity index (χ2n) is 3.49. The molecule has 88 valence electrons. The second kappa shape index (κ2) is 5.67. The van der Waals surface area contributed by atoms with Crippen LogP contribution >= 0.6 is 0 Å². The first-order valence-corrected chi connectivity index (χ1v) is 4.57. The fraction of sp³-hybridized carbons (Fsp3) is 0.778. The molecule has 0 radical (unpaired) electrons. The molecule has 0 bridgehead atoms. The molecule has 0 saturated carbocycles. The predicted octanol–water partition coefficient (Wildman–Crippen LogP) is -0.796. The SMILES string of the molecule is COC(=O)[C@H](C)[C@H](N)[C@H](C(=O)O)[C@H](C)O. The van der Waals surface area contributed by atoms with Gasteiger partial charge in [-0.1, -0.05) is 6.92 Å². The minimum absolute atomic E-state index is 0.589. The van der Waals surface area contributed by atoms with Crippen LogP contribution in [0.1, 0.15) is 13.8 Å². The normalized spacial score (nSPS) is 18.7. The lowest BCUT2D eigenvalue weighted by Crippen LogP contribution is -2.48. The zero-order chi connectivity index (χ0) is 12.2. The molecular weight excluding hydrogens is 202 g/mol. The Hall–Kier alpha value is -1.14. The molecule has 0 saturated heterocycles. The van der Waals surface area contributed by atoms with Gasteiger partial charge < -0.3 is 20.7 Å². The molecule has 0 amide bonds. The minimum atomic E-state index is -1.23. The van der Waals surface area contributed by atoms with Crippen LogP contribution in [0, 0.1) is 11.8 Å². The third-order valence-corrected chi connectivity index (χ3v) is 2.37. The van der Waals surface area contributed by atoms with Crippen molar-refractivity contribution in [2.24, 2.45) is 17.6 Å². The van der Waals surface area contributed by atoms with E-state index in [1.165, 1.54) is 21.0 Å². The number of carboxylic acids is 1. The summed E-state index contributed by atoms with van der Waals surface area (Å²) in [6, 6.07) is -0.977. The lowest BCUT2D eigenvalue weighted by Gasteiger charge is -2.26. The molecule has 6 nitrogen and oxygen atoms in total. The highest BCUT2D eigenvalue weighted by atomic mass is 16.5. The molecule has 0 heterocycles. The van der Waals surface area contributed by atoms with E-state index in [4.69, 9.17) is 10.8 Å². The number of ether oxygens (including phenoxy) is 1. The van der Waals surface area contributed by atoms with Gasteiger partial charge >= 0.3 is 11.9 Å². The van der Waals surface area contributed by atoms with Crippen LogP contribution in [0.3, 0.4) is 0 Å². The van der Waals surface area contributed by atoms with Gasteiger partial charge in [0.1, 0.15) is 0 Å². The monoisotopic (exact) mass is 219 g/mol. The third kappa shape index (κ3) is 3.49. The molecule has 0 aliphatic heterocycles. The molecule has 0 aromatic carbocycles. The summed E-state index contributed by atoms with van der Waals surface area (Å²) in [5, 5.41) is 18.1. The Kier molecular flexibility index (Phi) is 5.24. The van der Waals surface area contributed by atoms with Gasteiger partial charge in [0.05, 0.1) is 25.0 Å². The van der Waals surface area contributed by atoms with E-state index >= 15 is 0 Å². The van der Waals surface area contributed by atoms with E-state index in [-0.39, 0.29) is 0 Å². The summed E-state index contributed by atoms with van der Waals surface area (Å²) >= 11 is 0. The first-order chi connectivity index (χ1) is 6.82. The average molecular weight is 219 g/mol. The molecule has 6 heteroatoms. The minimum Gasteiger partial charge on any atom is -0.481 e. The molecule has 0 aromatic heterocycles. The Morgan fingerprint density at radius 3 is 2.07 bits per heavy atom. The summed E-state index contributed by atoms with van der Waals surface area (Å²) in [6.45, 7) is 2.79.